The van der Waals surface area contributed by atoms with E-state index in [2.05, 4.69) is 13.8 Å². The Morgan fingerprint density at radius 3 is 2.31 bits per heavy atom. The molecule has 4 atom stereocenters. The molecule has 0 amide bonds. The first-order valence-electron chi connectivity index (χ1n) is 5.51. The van der Waals surface area contributed by atoms with E-state index in [-0.39, 0.29) is 5.54 Å². The SMILES string of the molecule is CCO[C@@H]1C[C@@H]2C[C@@](C)(N)C[C@@H]2C1. The molecule has 2 aliphatic carbocycles. The van der Waals surface area contributed by atoms with Gasteiger partial charge in [0.05, 0.1) is 6.10 Å². The summed E-state index contributed by atoms with van der Waals surface area (Å²) < 4.78 is 5.67. The van der Waals surface area contributed by atoms with Gasteiger partial charge in [-0.2, -0.15) is 0 Å². The van der Waals surface area contributed by atoms with Crippen LogP contribution in [0.3, 0.4) is 0 Å². The molecule has 0 aromatic carbocycles. The third kappa shape index (κ3) is 1.89. The van der Waals surface area contributed by atoms with Crippen molar-refractivity contribution >= 4 is 0 Å². The van der Waals surface area contributed by atoms with E-state index in [1.165, 1.54) is 25.7 Å². The largest absolute Gasteiger partial charge is 0.378 e. The van der Waals surface area contributed by atoms with Crippen molar-refractivity contribution in [2.75, 3.05) is 6.61 Å². The molecule has 0 bridgehead atoms. The Morgan fingerprint density at radius 2 is 1.85 bits per heavy atom. The van der Waals surface area contributed by atoms with Crippen LogP contribution in [0.15, 0.2) is 0 Å². The van der Waals surface area contributed by atoms with Crippen molar-refractivity contribution in [2.45, 2.75) is 51.2 Å². The molecule has 0 aromatic rings. The molecule has 0 radical (unpaired) electrons. The quantitative estimate of drug-likeness (QED) is 0.710. The van der Waals surface area contributed by atoms with Crippen LogP contribution in [0.1, 0.15) is 39.5 Å². The zero-order valence-corrected chi connectivity index (χ0v) is 8.75. The molecule has 2 rings (SSSR count). The van der Waals surface area contributed by atoms with Crippen molar-refractivity contribution in [1.29, 1.82) is 0 Å². The maximum Gasteiger partial charge on any atom is 0.0580 e. The fourth-order valence-corrected chi connectivity index (χ4v) is 3.31. The second-order valence-electron chi connectivity index (χ2n) is 5.13. The van der Waals surface area contributed by atoms with Crippen molar-refractivity contribution < 1.29 is 4.74 Å². The third-order valence-electron chi connectivity index (χ3n) is 3.66. The van der Waals surface area contributed by atoms with Crippen LogP contribution in [0.5, 0.6) is 0 Å². The second kappa shape index (κ2) is 3.25. The molecule has 13 heavy (non-hydrogen) atoms. The maximum atomic E-state index is 6.15. The van der Waals surface area contributed by atoms with Gasteiger partial charge in [-0.1, -0.05) is 0 Å². The first kappa shape index (κ1) is 9.47. The summed E-state index contributed by atoms with van der Waals surface area (Å²) in [6.45, 7) is 5.14. The van der Waals surface area contributed by atoms with Gasteiger partial charge in [0.25, 0.3) is 0 Å². The summed E-state index contributed by atoms with van der Waals surface area (Å²) >= 11 is 0. The fraction of sp³-hybridized carbons (Fsp3) is 1.00. The molecule has 2 aliphatic rings. The Hall–Kier alpha value is -0.0800. The van der Waals surface area contributed by atoms with E-state index < -0.39 is 0 Å². The van der Waals surface area contributed by atoms with Gasteiger partial charge in [0, 0.05) is 12.1 Å². The molecule has 0 unspecified atom stereocenters. The van der Waals surface area contributed by atoms with E-state index in [0.717, 1.165) is 18.4 Å². The average Bonchev–Trinajstić information content (AvgIpc) is 2.41. The zero-order chi connectivity index (χ0) is 9.47. The smallest absolute Gasteiger partial charge is 0.0580 e. The van der Waals surface area contributed by atoms with Gasteiger partial charge in [-0.3, -0.25) is 0 Å². The van der Waals surface area contributed by atoms with E-state index in [4.69, 9.17) is 10.5 Å². The summed E-state index contributed by atoms with van der Waals surface area (Å²) in [5.74, 6) is 1.71. The summed E-state index contributed by atoms with van der Waals surface area (Å²) in [5, 5.41) is 0. The molecule has 0 aliphatic heterocycles. The molecule has 2 N–H and O–H groups in total. The molecule has 2 nitrogen and oxygen atoms in total. The van der Waals surface area contributed by atoms with Crippen LogP contribution in [-0.2, 0) is 4.74 Å². The summed E-state index contributed by atoms with van der Waals surface area (Å²) in [6, 6.07) is 0. The molecule has 2 saturated carbocycles. The Kier molecular flexibility index (Phi) is 2.37. The Morgan fingerprint density at radius 1 is 1.31 bits per heavy atom. The highest BCUT2D eigenvalue weighted by Crippen LogP contribution is 2.48. The van der Waals surface area contributed by atoms with E-state index >= 15 is 0 Å². The lowest BCUT2D eigenvalue weighted by Crippen LogP contribution is -2.33. The minimum atomic E-state index is 0.118. The van der Waals surface area contributed by atoms with Crippen molar-refractivity contribution in [1.82, 2.24) is 0 Å². The molecular weight excluding hydrogens is 162 g/mol. The summed E-state index contributed by atoms with van der Waals surface area (Å²) in [5.41, 5.74) is 6.26. The molecular formula is C11H21NO. The molecule has 76 valence electrons. The van der Waals surface area contributed by atoms with Gasteiger partial charge in [-0.25, -0.2) is 0 Å². The van der Waals surface area contributed by atoms with Crippen LogP contribution in [0.4, 0.5) is 0 Å². The number of rotatable bonds is 2. The van der Waals surface area contributed by atoms with E-state index in [0.29, 0.717) is 6.10 Å². The average molecular weight is 183 g/mol. The van der Waals surface area contributed by atoms with Crippen LogP contribution in [-0.4, -0.2) is 18.2 Å². The van der Waals surface area contributed by atoms with Crippen LogP contribution >= 0.6 is 0 Å². The van der Waals surface area contributed by atoms with E-state index in [9.17, 15) is 0 Å². The van der Waals surface area contributed by atoms with Crippen LogP contribution in [0.25, 0.3) is 0 Å². The highest BCUT2D eigenvalue weighted by atomic mass is 16.5. The van der Waals surface area contributed by atoms with Gasteiger partial charge >= 0.3 is 0 Å². The minimum absolute atomic E-state index is 0.118. The standard InChI is InChI=1S/C11H21NO/c1-3-13-10-4-8-6-11(2,12)7-9(8)5-10/h8-10H,3-7,12H2,1-2H3/t8-,9+,10-,11-. The molecule has 0 heterocycles. The molecule has 0 aromatic heterocycles. The van der Waals surface area contributed by atoms with Gasteiger partial charge in [-0.05, 0) is 51.4 Å². The first-order valence-corrected chi connectivity index (χ1v) is 5.51. The Bertz CT molecular complexity index is 175. The fourth-order valence-electron chi connectivity index (χ4n) is 3.31. The Labute approximate surface area is 80.8 Å². The summed E-state index contributed by atoms with van der Waals surface area (Å²) in [4.78, 5) is 0. The lowest BCUT2D eigenvalue weighted by Gasteiger charge is -2.20. The third-order valence-corrected chi connectivity index (χ3v) is 3.66. The summed E-state index contributed by atoms with van der Waals surface area (Å²) in [7, 11) is 0. The maximum absolute atomic E-state index is 6.15. The number of hydrogen-bond donors (Lipinski definition) is 1. The van der Waals surface area contributed by atoms with Crippen molar-refractivity contribution in [3.05, 3.63) is 0 Å². The first-order chi connectivity index (χ1) is 6.11. The highest BCUT2D eigenvalue weighted by molar-refractivity contribution is 5.00. The van der Waals surface area contributed by atoms with Gasteiger partial charge in [-0.15, -0.1) is 0 Å². The Balaban J connectivity index is 1.90. The van der Waals surface area contributed by atoms with Gasteiger partial charge in [0.1, 0.15) is 0 Å². The monoisotopic (exact) mass is 183 g/mol. The lowest BCUT2D eigenvalue weighted by molar-refractivity contribution is 0.0605. The molecule has 0 saturated heterocycles. The number of nitrogens with two attached hydrogens (primary N) is 1. The molecule has 0 spiro atoms. The predicted octanol–water partition coefficient (Wildman–Crippen LogP) is 1.93. The van der Waals surface area contributed by atoms with Crippen LogP contribution in [0, 0.1) is 11.8 Å². The second-order valence-corrected chi connectivity index (χ2v) is 5.13. The zero-order valence-electron chi connectivity index (χ0n) is 8.75. The topological polar surface area (TPSA) is 35.2 Å². The number of fused-ring (bicyclic) bond motifs is 1. The predicted molar refractivity (Wildman–Crippen MR) is 53.5 cm³/mol. The van der Waals surface area contributed by atoms with Crippen LogP contribution < -0.4 is 5.73 Å². The molecule has 2 heteroatoms. The van der Waals surface area contributed by atoms with Crippen LogP contribution in [0.2, 0.25) is 0 Å². The van der Waals surface area contributed by atoms with Crippen molar-refractivity contribution in [3.63, 3.8) is 0 Å². The van der Waals surface area contributed by atoms with Gasteiger partial charge in [0.2, 0.25) is 0 Å². The van der Waals surface area contributed by atoms with E-state index in [1.807, 2.05) is 0 Å². The van der Waals surface area contributed by atoms with E-state index in [1.54, 1.807) is 0 Å². The van der Waals surface area contributed by atoms with Gasteiger partial charge < -0.3 is 10.5 Å². The van der Waals surface area contributed by atoms with Crippen molar-refractivity contribution in [3.8, 4) is 0 Å². The normalized spacial score (nSPS) is 49.6. The highest BCUT2D eigenvalue weighted by Gasteiger charge is 2.45. The number of ether oxygens (including phenoxy) is 1. The molecule has 2 fully saturated rings. The lowest BCUT2D eigenvalue weighted by atomic mass is 9.97. The number of hydrogen-bond acceptors (Lipinski definition) is 2. The van der Waals surface area contributed by atoms with Gasteiger partial charge in [0.15, 0.2) is 0 Å². The summed E-state index contributed by atoms with van der Waals surface area (Å²) in [6.07, 6.45) is 5.47. The minimum Gasteiger partial charge on any atom is -0.378 e. The van der Waals surface area contributed by atoms with Crippen molar-refractivity contribution in [2.24, 2.45) is 17.6 Å².